The van der Waals surface area contributed by atoms with Crippen molar-refractivity contribution < 1.29 is 4.92 Å². The molecule has 0 fully saturated rings. The second kappa shape index (κ2) is 6.18. The molecule has 2 rings (SSSR count). The number of anilines is 1. The van der Waals surface area contributed by atoms with Crippen LogP contribution in [-0.2, 0) is 6.42 Å². The van der Waals surface area contributed by atoms with Crippen molar-refractivity contribution in [3.8, 4) is 0 Å². The summed E-state index contributed by atoms with van der Waals surface area (Å²) in [6, 6.07) is 4.87. The molecule has 6 nitrogen and oxygen atoms in total. The van der Waals surface area contributed by atoms with E-state index < -0.39 is 0 Å². The Bertz CT molecular complexity index is 607. The topological polar surface area (TPSA) is 83.8 Å². The average Bonchev–Trinajstić information content (AvgIpc) is 2.81. The minimum absolute atomic E-state index is 0.127. The van der Waals surface area contributed by atoms with Crippen LogP contribution in [0.25, 0.3) is 0 Å². The smallest absolute Gasteiger partial charge is 0.269 e. The zero-order valence-corrected chi connectivity index (χ0v) is 11.6. The molecule has 1 aromatic heterocycles. The van der Waals surface area contributed by atoms with Gasteiger partial charge in [-0.2, -0.15) is 5.10 Å². The number of nitrogens with one attached hydrogen (secondary N) is 2. The van der Waals surface area contributed by atoms with Crippen molar-refractivity contribution in [2.45, 2.75) is 26.7 Å². The molecule has 2 N–H and O–H groups in total. The number of nitrogens with zero attached hydrogens (tertiary/aromatic N) is 2. The Morgan fingerprint density at radius 3 is 2.80 bits per heavy atom. The fourth-order valence-corrected chi connectivity index (χ4v) is 2.09. The Morgan fingerprint density at radius 2 is 2.20 bits per heavy atom. The minimum Gasteiger partial charge on any atom is -0.385 e. The second-order valence-electron chi connectivity index (χ2n) is 4.81. The van der Waals surface area contributed by atoms with E-state index in [0.29, 0.717) is 0 Å². The van der Waals surface area contributed by atoms with E-state index in [9.17, 15) is 10.1 Å². The summed E-state index contributed by atoms with van der Waals surface area (Å²) >= 11 is 0. The summed E-state index contributed by atoms with van der Waals surface area (Å²) in [6.07, 6.45) is 3.80. The summed E-state index contributed by atoms with van der Waals surface area (Å²) < 4.78 is 0. The van der Waals surface area contributed by atoms with Gasteiger partial charge in [-0.05, 0) is 43.9 Å². The average molecular weight is 274 g/mol. The number of H-pyrrole nitrogens is 1. The minimum atomic E-state index is -0.377. The number of benzene rings is 1. The van der Waals surface area contributed by atoms with Gasteiger partial charge in [-0.25, -0.2) is 0 Å². The first-order chi connectivity index (χ1) is 9.58. The highest BCUT2D eigenvalue weighted by Crippen LogP contribution is 2.21. The SMILES string of the molecule is Cc1cc([N+](=O)[O-])ccc1NCCCc1cn[nH]c1C. The summed E-state index contributed by atoms with van der Waals surface area (Å²) in [5, 5.41) is 20.9. The van der Waals surface area contributed by atoms with E-state index >= 15 is 0 Å². The largest absolute Gasteiger partial charge is 0.385 e. The molecule has 0 radical (unpaired) electrons. The lowest BCUT2D eigenvalue weighted by molar-refractivity contribution is -0.384. The zero-order valence-electron chi connectivity index (χ0n) is 11.6. The highest BCUT2D eigenvalue weighted by atomic mass is 16.6. The lowest BCUT2D eigenvalue weighted by Crippen LogP contribution is -2.04. The molecule has 106 valence electrons. The van der Waals surface area contributed by atoms with Gasteiger partial charge in [0.1, 0.15) is 0 Å². The molecular weight excluding hydrogens is 256 g/mol. The number of aryl methyl sites for hydroxylation is 3. The molecule has 1 aromatic carbocycles. The van der Waals surface area contributed by atoms with Gasteiger partial charge < -0.3 is 5.32 Å². The Hall–Kier alpha value is -2.37. The van der Waals surface area contributed by atoms with Gasteiger partial charge in [-0.1, -0.05) is 0 Å². The maximum Gasteiger partial charge on any atom is 0.269 e. The number of non-ortho nitro benzene ring substituents is 1. The maximum absolute atomic E-state index is 10.7. The summed E-state index contributed by atoms with van der Waals surface area (Å²) in [7, 11) is 0. The van der Waals surface area contributed by atoms with Crippen LogP contribution in [-0.4, -0.2) is 21.7 Å². The third-order valence-corrected chi connectivity index (χ3v) is 3.29. The van der Waals surface area contributed by atoms with E-state index in [0.717, 1.165) is 36.3 Å². The van der Waals surface area contributed by atoms with Crippen molar-refractivity contribution in [2.75, 3.05) is 11.9 Å². The van der Waals surface area contributed by atoms with Gasteiger partial charge in [0.15, 0.2) is 0 Å². The van der Waals surface area contributed by atoms with Crippen LogP contribution in [0.15, 0.2) is 24.4 Å². The molecule has 6 heteroatoms. The van der Waals surface area contributed by atoms with Crippen LogP contribution in [0.3, 0.4) is 0 Å². The van der Waals surface area contributed by atoms with Gasteiger partial charge in [-0.3, -0.25) is 15.2 Å². The molecule has 0 amide bonds. The zero-order chi connectivity index (χ0) is 14.5. The first-order valence-electron chi connectivity index (χ1n) is 6.55. The number of aromatic amines is 1. The third kappa shape index (κ3) is 3.34. The molecule has 20 heavy (non-hydrogen) atoms. The predicted molar refractivity (Wildman–Crippen MR) is 78.0 cm³/mol. The van der Waals surface area contributed by atoms with Gasteiger partial charge in [0.05, 0.1) is 11.1 Å². The standard InChI is InChI=1S/C14H18N4O2/c1-10-8-13(18(19)20)5-6-14(10)15-7-3-4-12-9-16-17-11(12)2/h5-6,8-9,15H,3-4,7H2,1-2H3,(H,16,17). The van der Waals surface area contributed by atoms with Crippen molar-refractivity contribution in [2.24, 2.45) is 0 Å². The number of nitro groups is 1. The van der Waals surface area contributed by atoms with Gasteiger partial charge in [0.25, 0.3) is 5.69 Å². The first kappa shape index (κ1) is 14.0. The van der Waals surface area contributed by atoms with Crippen LogP contribution in [0.5, 0.6) is 0 Å². The van der Waals surface area contributed by atoms with E-state index in [1.807, 2.05) is 20.0 Å². The Balaban J connectivity index is 1.85. The monoisotopic (exact) mass is 274 g/mol. The van der Waals surface area contributed by atoms with E-state index in [1.165, 1.54) is 11.6 Å². The van der Waals surface area contributed by atoms with Crippen LogP contribution in [0.1, 0.15) is 23.2 Å². The van der Waals surface area contributed by atoms with Crippen molar-refractivity contribution in [3.05, 3.63) is 51.3 Å². The molecule has 0 unspecified atom stereocenters. The molecule has 0 saturated heterocycles. The normalized spacial score (nSPS) is 10.5. The van der Waals surface area contributed by atoms with Crippen molar-refractivity contribution in [3.63, 3.8) is 0 Å². The number of hydrogen-bond acceptors (Lipinski definition) is 4. The highest BCUT2D eigenvalue weighted by Gasteiger charge is 2.07. The number of aromatic nitrogens is 2. The van der Waals surface area contributed by atoms with Crippen LogP contribution < -0.4 is 5.32 Å². The molecule has 2 aromatic rings. The lowest BCUT2D eigenvalue weighted by Gasteiger charge is -2.09. The van der Waals surface area contributed by atoms with E-state index in [4.69, 9.17) is 0 Å². The van der Waals surface area contributed by atoms with Crippen LogP contribution in [0.2, 0.25) is 0 Å². The predicted octanol–water partition coefficient (Wildman–Crippen LogP) is 2.98. The molecule has 0 aliphatic rings. The maximum atomic E-state index is 10.7. The van der Waals surface area contributed by atoms with E-state index in [2.05, 4.69) is 15.5 Å². The molecule has 1 heterocycles. The summed E-state index contributed by atoms with van der Waals surface area (Å²) in [6.45, 7) is 4.70. The van der Waals surface area contributed by atoms with Crippen molar-refractivity contribution in [1.29, 1.82) is 0 Å². The number of hydrogen-bond donors (Lipinski definition) is 2. The van der Waals surface area contributed by atoms with Crippen LogP contribution in [0, 0.1) is 24.0 Å². The molecule has 0 aliphatic carbocycles. The van der Waals surface area contributed by atoms with E-state index in [1.54, 1.807) is 12.1 Å². The molecule has 0 atom stereocenters. The fraction of sp³-hybridized carbons (Fsp3) is 0.357. The summed E-state index contributed by atoms with van der Waals surface area (Å²) in [5.74, 6) is 0. The molecule has 0 saturated carbocycles. The Kier molecular flexibility index (Phi) is 4.34. The van der Waals surface area contributed by atoms with Gasteiger partial charge in [0, 0.05) is 30.1 Å². The number of nitro benzene ring substituents is 1. The van der Waals surface area contributed by atoms with Crippen LogP contribution >= 0.6 is 0 Å². The Morgan fingerprint density at radius 1 is 1.40 bits per heavy atom. The number of rotatable bonds is 6. The summed E-state index contributed by atoms with van der Waals surface area (Å²) in [4.78, 5) is 10.3. The van der Waals surface area contributed by atoms with Gasteiger partial charge >= 0.3 is 0 Å². The molecular formula is C14H18N4O2. The quantitative estimate of drug-likeness (QED) is 0.482. The molecule has 0 spiro atoms. The third-order valence-electron chi connectivity index (χ3n) is 3.29. The first-order valence-corrected chi connectivity index (χ1v) is 6.55. The fourth-order valence-electron chi connectivity index (χ4n) is 2.09. The lowest BCUT2D eigenvalue weighted by atomic mass is 10.1. The second-order valence-corrected chi connectivity index (χ2v) is 4.81. The Labute approximate surface area is 117 Å². The molecule has 0 bridgehead atoms. The van der Waals surface area contributed by atoms with Gasteiger partial charge in [-0.15, -0.1) is 0 Å². The highest BCUT2D eigenvalue weighted by molar-refractivity contribution is 5.55. The summed E-state index contributed by atoms with van der Waals surface area (Å²) in [5.41, 5.74) is 4.30. The van der Waals surface area contributed by atoms with Crippen LogP contribution in [0.4, 0.5) is 11.4 Å². The van der Waals surface area contributed by atoms with Crippen molar-refractivity contribution in [1.82, 2.24) is 10.2 Å². The van der Waals surface area contributed by atoms with Gasteiger partial charge in [0.2, 0.25) is 0 Å². The van der Waals surface area contributed by atoms with Crippen molar-refractivity contribution >= 4 is 11.4 Å². The molecule has 0 aliphatic heterocycles. The van der Waals surface area contributed by atoms with E-state index in [-0.39, 0.29) is 10.6 Å².